The van der Waals surface area contributed by atoms with Gasteiger partial charge < -0.3 is 14.0 Å². The van der Waals surface area contributed by atoms with Crippen LogP contribution < -0.4 is 15.0 Å². The Hall–Kier alpha value is -1.96. The van der Waals surface area contributed by atoms with E-state index >= 15 is 0 Å². The largest absolute Gasteiger partial charge is 0.493 e. The highest BCUT2D eigenvalue weighted by molar-refractivity contribution is 8.24. The van der Waals surface area contributed by atoms with Crippen LogP contribution in [0.15, 0.2) is 40.2 Å². The third-order valence-corrected chi connectivity index (χ3v) is 6.40. The molecule has 1 aromatic heterocycles. The number of nitrogens with zero attached hydrogens (tertiary/aromatic N) is 1. The topological polar surface area (TPSA) is 80.9 Å². The maximum absolute atomic E-state index is 12.1. The van der Waals surface area contributed by atoms with Gasteiger partial charge in [0.15, 0.2) is 5.75 Å². The van der Waals surface area contributed by atoms with E-state index in [1.165, 1.54) is 24.5 Å². The Morgan fingerprint density at radius 3 is 2.58 bits per heavy atom. The fourth-order valence-corrected chi connectivity index (χ4v) is 3.62. The third-order valence-electron chi connectivity index (χ3n) is 4.58. The Bertz CT molecular complexity index is 857. The molecule has 6 nitrogen and oxygen atoms in total. The van der Waals surface area contributed by atoms with Crippen LogP contribution in [0, 0.1) is 5.92 Å². The van der Waals surface area contributed by atoms with Crippen LogP contribution in [0.1, 0.15) is 19.8 Å². The van der Waals surface area contributed by atoms with E-state index in [1.54, 1.807) is 44.4 Å². The number of aromatic nitrogens is 1. The average Bonchev–Trinajstić information content (AvgIpc) is 3.46. The summed E-state index contributed by atoms with van der Waals surface area (Å²) in [7, 11) is 0.255. The highest BCUT2D eigenvalue weighted by Crippen LogP contribution is 2.50. The zero-order valence-electron chi connectivity index (χ0n) is 15.3. The maximum Gasteiger partial charge on any atom is 0.292 e. The average molecular weight is 379 g/mol. The second kappa shape index (κ2) is 7.34. The molecule has 2 N–H and O–H groups in total. The minimum absolute atomic E-state index is 0.227. The molecule has 0 saturated heterocycles. The molecule has 1 aromatic carbocycles. The summed E-state index contributed by atoms with van der Waals surface area (Å²) < 4.78 is 33.2. The van der Waals surface area contributed by atoms with Gasteiger partial charge in [0.05, 0.1) is 18.6 Å². The predicted octanol–water partition coefficient (Wildman–Crippen LogP) is 3.98. The molecular weight excluding hydrogens is 354 g/mol. The minimum atomic E-state index is -2.85. The van der Waals surface area contributed by atoms with Crippen LogP contribution in [-0.4, -0.2) is 33.1 Å². The summed E-state index contributed by atoms with van der Waals surface area (Å²) >= 11 is 0. The van der Waals surface area contributed by atoms with Crippen molar-refractivity contribution in [1.82, 2.24) is 4.57 Å². The first-order valence-corrected chi connectivity index (χ1v) is 10.3. The number of benzene rings is 1. The molecule has 0 bridgehead atoms. The zero-order chi connectivity index (χ0) is 18.9. The van der Waals surface area contributed by atoms with E-state index in [9.17, 15) is 13.9 Å². The number of pyridine rings is 1. The summed E-state index contributed by atoms with van der Waals surface area (Å²) in [6.45, 7) is 2.38. The first-order valence-electron chi connectivity index (χ1n) is 8.63. The van der Waals surface area contributed by atoms with Crippen LogP contribution in [0.25, 0.3) is 11.1 Å². The van der Waals surface area contributed by atoms with E-state index in [0.29, 0.717) is 28.7 Å². The lowest BCUT2D eigenvalue weighted by molar-refractivity contribution is 0.300. The van der Waals surface area contributed by atoms with E-state index in [4.69, 9.17) is 9.47 Å². The summed E-state index contributed by atoms with van der Waals surface area (Å²) in [5, 5.41) is 0. The van der Waals surface area contributed by atoms with Crippen molar-refractivity contribution in [2.75, 3.05) is 19.5 Å². The van der Waals surface area contributed by atoms with Gasteiger partial charge in [-0.05, 0) is 49.9 Å². The Labute approximate surface area is 154 Å². The predicted molar refractivity (Wildman–Crippen MR) is 104 cm³/mol. The smallest absolute Gasteiger partial charge is 0.292 e. The fraction of sp³-hybridized carbons (Fsp3) is 0.421. The van der Waals surface area contributed by atoms with Crippen molar-refractivity contribution in [3.63, 3.8) is 0 Å². The van der Waals surface area contributed by atoms with Crippen molar-refractivity contribution < 1.29 is 18.6 Å². The molecule has 0 amide bonds. The van der Waals surface area contributed by atoms with E-state index < -0.39 is 10.6 Å². The van der Waals surface area contributed by atoms with Crippen LogP contribution in [-0.2, 0) is 7.05 Å². The summed E-state index contributed by atoms with van der Waals surface area (Å²) in [5.74, 6) is 1.72. The first kappa shape index (κ1) is 18.8. The molecule has 3 rings (SSSR count). The molecule has 1 aliphatic carbocycles. The van der Waals surface area contributed by atoms with Gasteiger partial charge in [-0.25, -0.2) is 0 Å². The van der Waals surface area contributed by atoms with Gasteiger partial charge in [-0.2, -0.15) is 10.6 Å². The normalized spacial score (nSPS) is 15.0. The molecule has 7 heteroatoms. The number of aryl methyl sites for hydroxylation is 1. The molecule has 0 spiro atoms. The van der Waals surface area contributed by atoms with Crippen LogP contribution in [0.5, 0.6) is 11.5 Å². The SMILES string of the molecule is CCS(O)(O)c1ccc(OCC2CC2)c(-c2cc(OC)c(=O)n(C)c2)c1. The van der Waals surface area contributed by atoms with Gasteiger partial charge >= 0.3 is 0 Å². The van der Waals surface area contributed by atoms with Crippen molar-refractivity contribution in [2.24, 2.45) is 13.0 Å². The van der Waals surface area contributed by atoms with Crippen LogP contribution in [0.3, 0.4) is 0 Å². The summed E-state index contributed by atoms with van der Waals surface area (Å²) in [4.78, 5) is 12.6. The molecule has 0 atom stereocenters. The van der Waals surface area contributed by atoms with Crippen LogP contribution in [0.4, 0.5) is 0 Å². The van der Waals surface area contributed by atoms with E-state index in [1.807, 2.05) is 0 Å². The van der Waals surface area contributed by atoms with Gasteiger partial charge in [-0.1, -0.05) is 0 Å². The first-order chi connectivity index (χ1) is 12.4. The molecule has 142 valence electrons. The highest BCUT2D eigenvalue weighted by atomic mass is 32.3. The number of hydrogen-bond acceptors (Lipinski definition) is 5. The summed E-state index contributed by atoms with van der Waals surface area (Å²) in [5.41, 5.74) is 1.21. The lowest BCUT2D eigenvalue weighted by Gasteiger charge is -2.31. The maximum atomic E-state index is 12.1. The molecule has 1 saturated carbocycles. The highest BCUT2D eigenvalue weighted by Gasteiger charge is 2.23. The second-order valence-electron chi connectivity index (χ2n) is 6.58. The molecule has 1 aliphatic rings. The standard InChI is InChI=1S/C19H25NO5S/c1-4-26(22,23)15-7-8-17(25-12-13-5-6-13)16(10-15)14-9-18(24-3)19(21)20(2)11-14/h7-11,13,22-23H,4-6,12H2,1-3H3. The number of methoxy groups -OCH3 is 1. The molecular formula is C19H25NO5S. The summed E-state index contributed by atoms with van der Waals surface area (Å²) in [6.07, 6.45) is 4.06. The Kier molecular flexibility index (Phi) is 5.32. The number of ether oxygens (including phenoxy) is 2. The molecule has 2 aromatic rings. The molecule has 0 aliphatic heterocycles. The molecule has 0 unspecified atom stereocenters. The van der Waals surface area contributed by atoms with E-state index in [-0.39, 0.29) is 17.1 Å². The zero-order valence-corrected chi connectivity index (χ0v) is 16.1. The monoisotopic (exact) mass is 379 g/mol. The van der Waals surface area contributed by atoms with Crippen LogP contribution in [0.2, 0.25) is 0 Å². The Morgan fingerprint density at radius 2 is 1.96 bits per heavy atom. The van der Waals surface area contributed by atoms with Gasteiger partial charge in [-0.15, -0.1) is 0 Å². The fourth-order valence-electron chi connectivity index (χ4n) is 2.70. The molecule has 26 heavy (non-hydrogen) atoms. The number of hydrogen-bond donors (Lipinski definition) is 2. The van der Waals surface area contributed by atoms with Crippen molar-refractivity contribution in [3.05, 3.63) is 40.8 Å². The van der Waals surface area contributed by atoms with Gasteiger partial charge in [0.1, 0.15) is 5.75 Å². The lowest BCUT2D eigenvalue weighted by Crippen LogP contribution is -2.18. The van der Waals surface area contributed by atoms with E-state index in [0.717, 1.165) is 5.56 Å². The van der Waals surface area contributed by atoms with Gasteiger partial charge in [0, 0.05) is 30.1 Å². The van der Waals surface area contributed by atoms with Crippen LogP contribution >= 0.6 is 10.6 Å². The molecule has 0 radical (unpaired) electrons. The van der Waals surface area contributed by atoms with Crippen molar-refractivity contribution in [1.29, 1.82) is 0 Å². The third kappa shape index (κ3) is 3.90. The molecule has 1 fully saturated rings. The number of rotatable bonds is 7. The van der Waals surface area contributed by atoms with Crippen molar-refractivity contribution >= 4 is 10.6 Å². The van der Waals surface area contributed by atoms with Gasteiger partial charge in [0.2, 0.25) is 0 Å². The van der Waals surface area contributed by atoms with Gasteiger partial charge in [-0.3, -0.25) is 13.9 Å². The molecule has 1 heterocycles. The lowest BCUT2D eigenvalue weighted by atomic mass is 10.1. The van der Waals surface area contributed by atoms with Crippen molar-refractivity contribution in [3.8, 4) is 22.6 Å². The Morgan fingerprint density at radius 1 is 1.23 bits per heavy atom. The summed E-state index contributed by atoms with van der Waals surface area (Å²) in [6, 6.07) is 6.86. The van der Waals surface area contributed by atoms with Gasteiger partial charge in [0.25, 0.3) is 5.56 Å². The Balaban J connectivity index is 2.10. The minimum Gasteiger partial charge on any atom is -0.493 e. The van der Waals surface area contributed by atoms with E-state index in [2.05, 4.69) is 0 Å². The van der Waals surface area contributed by atoms with Crippen molar-refractivity contribution in [2.45, 2.75) is 24.7 Å². The quantitative estimate of drug-likeness (QED) is 0.760. The second-order valence-corrected chi connectivity index (χ2v) is 8.96.